The first-order valence-corrected chi connectivity index (χ1v) is 11.1. The summed E-state index contributed by atoms with van der Waals surface area (Å²) in [6.45, 7) is 2.04. The van der Waals surface area contributed by atoms with Crippen LogP contribution in [0.2, 0.25) is 0 Å². The van der Waals surface area contributed by atoms with Crippen molar-refractivity contribution in [1.82, 2.24) is 9.30 Å². The number of benzene rings is 2. The van der Waals surface area contributed by atoms with Gasteiger partial charge in [-0.15, -0.1) is 0 Å². The largest absolute Gasteiger partial charge is 0.465 e. The number of carbonyl (C=O) groups excluding carboxylic acids is 2. The number of hydrogen-bond acceptors (Lipinski definition) is 4. The average Bonchev–Trinajstić information content (AvgIpc) is 3.23. The second-order valence-electron chi connectivity index (χ2n) is 7.90. The van der Waals surface area contributed by atoms with E-state index in [2.05, 4.69) is 0 Å². The second-order valence-corrected chi connectivity index (χ2v) is 7.90. The van der Waals surface area contributed by atoms with Crippen LogP contribution >= 0.6 is 0 Å². The highest BCUT2D eigenvalue weighted by molar-refractivity contribution is 6.06. The normalized spacial score (nSPS) is 14.6. The van der Waals surface area contributed by atoms with E-state index in [0.717, 1.165) is 27.9 Å². The van der Waals surface area contributed by atoms with Crippen molar-refractivity contribution in [2.75, 3.05) is 13.7 Å². The minimum Gasteiger partial charge on any atom is -0.465 e. The van der Waals surface area contributed by atoms with Crippen LogP contribution in [0.5, 0.6) is 0 Å². The molecule has 170 valence electrons. The zero-order valence-electron chi connectivity index (χ0n) is 19.0. The molecule has 3 heterocycles. The van der Waals surface area contributed by atoms with E-state index in [4.69, 9.17) is 9.47 Å². The van der Waals surface area contributed by atoms with Crippen LogP contribution in [0.25, 0.3) is 22.7 Å². The summed E-state index contributed by atoms with van der Waals surface area (Å²) in [4.78, 5) is 27.8. The zero-order valence-corrected chi connectivity index (χ0v) is 19.0. The Hall–Kier alpha value is -4.32. The van der Waals surface area contributed by atoms with Crippen LogP contribution in [0.15, 0.2) is 85.2 Å². The molecule has 34 heavy (non-hydrogen) atoms. The number of fused-ring (bicyclic) bond motifs is 2. The summed E-state index contributed by atoms with van der Waals surface area (Å²) >= 11 is 0. The van der Waals surface area contributed by atoms with Gasteiger partial charge >= 0.3 is 12.1 Å². The molecule has 2 aromatic heterocycles. The molecule has 0 spiro atoms. The highest BCUT2D eigenvalue weighted by Crippen LogP contribution is 2.44. The maximum atomic E-state index is 13.1. The lowest BCUT2D eigenvalue weighted by molar-refractivity contribution is 0.0604. The highest BCUT2D eigenvalue weighted by Gasteiger charge is 2.37. The van der Waals surface area contributed by atoms with E-state index in [1.54, 1.807) is 18.0 Å². The van der Waals surface area contributed by atoms with E-state index in [1.165, 1.54) is 7.11 Å². The number of carbonyl (C=O) groups is 2. The molecule has 0 radical (unpaired) electrons. The van der Waals surface area contributed by atoms with Crippen LogP contribution in [0.1, 0.15) is 40.1 Å². The van der Waals surface area contributed by atoms with Gasteiger partial charge < -0.3 is 13.9 Å². The Morgan fingerprint density at radius 2 is 1.68 bits per heavy atom. The minimum atomic E-state index is -0.524. The van der Waals surface area contributed by atoms with Crippen molar-refractivity contribution in [1.29, 1.82) is 0 Å². The number of nitrogens with zero attached hydrogens (tertiary/aromatic N) is 2. The Balaban J connectivity index is 1.90. The molecule has 1 aliphatic heterocycles. The molecule has 4 aromatic rings. The fourth-order valence-electron chi connectivity index (χ4n) is 4.66. The molecule has 5 rings (SSSR count). The monoisotopic (exact) mass is 452 g/mol. The molecular formula is C28H24N2O4. The van der Waals surface area contributed by atoms with E-state index >= 15 is 0 Å². The number of pyridine rings is 1. The molecule has 6 nitrogen and oxygen atoms in total. The van der Waals surface area contributed by atoms with E-state index in [9.17, 15) is 9.59 Å². The zero-order chi connectivity index (χ0) is 23.7. The van der Waals surface area contributed by atoms with Crippen LogP contribution in [0.3, 0.4) is 0 Å². The molecule has 0 fully saturated rings. The first-order chi connectivity index (χ1) is 16.7. The summed E-state index contributed by atoms with van der Waals surface area (Å²) in [5, 5.41) is 0. The highest BCUT2D eigenvalue weighted by atomic mass is 16.6. The van der Waals surface area contributed by atoms with E-state index < -0.39 is 18.1 Å². The van der Waals surface area contributed by atoms with Gasteiger partial charge in [-0.05, 0) is 41.8 Å². The summed E-state index contributed by atoms with van der Waals surface area (Å²) in [6, 6.07) is 22.8. The maximum Gasteiger partial charge on any atom is 0.414 e. The van der Waals surface area contributed by atoms with Gasteiger partial charge in [-0.1, -0.05) is 60.7 Å². The molecule has 0 N–H and O–H groups in total. The van der Waals surface area contributed by atoms with Gasteiger partial charge in [0, 0.05) is 18.0 Å². The lowest BCUT2D eigenvalue weighted by atomic mass is 9.89. The van der Waals surface area contributed by atoms with Gasteiger partial charge in [0.15, 0.2) is 0 Å². The van der Waals surface area contributed by atoms with Crippen molar-refractivity contribution in [3.8, 4) is 11.1 Å². The number of methoxy groups -OCH3 is 1. The first kappa shape index (κ1) is 21.5. The summed E-state index contributed by atoms with van der Waals surface area (Å²) in [5.74, 6) is -0.434. The van der Waals surface area contributed by atoms with Gasteiger partial charge in [0.05, 0.1) is 30.5 Å². The molecular weight excluding hydrogens is 428 g/mol. The van der Waals surface area contributed by atoms with Gasteiger partial charge in [0.1, 0.15) is 6.04 Å². The van der Waals surface area contributed by atoms with E-state index in [-0.39, 0.29) is 6.61 Å². The van der Waals surface area contributed by atoms with Gasteiger partial charge in [-0.25, -0.2) is 9.59 Å². The fraction of sp³-hybridized carbons (Fsp3) is 0.143. The Morgan fingerprint density at radius 3 is 2.44 bits per heavy atom. The molecule has 2 aromatic carbocycles. The van der Waals surface area contributed by atoms with Crippen LogP contribution in [0, 0.1) is 0 Å². The molecule has 1 amide bonds. The summed E-state index contributed by atoms with van der Waals surface area (Å²) < 4.78 is 12.6. The van der Waals surface area contributed by atoms with Crippen LogP contribution < -0.4 is 0 Å². The SMILES string of the molecule is CCOC(=O)N1C=Cc2ccccc2[C@@H]1c1c(-c2ccccc2)c(C(=O)OC)c2ccccn12. The molecule has 0 unspecified atom stereocenters. The van der Waals surface area contributed by atoms with Crippen LogP contribution in [-0.2, 0) is 9.47 Å². The standard InChI is InChI=1S/C28H24N2O4/c1-3-34-28(32)30-18-16-19-11-7-8-14-21(19)25(30)26-23(20-12-5-4-6-13-20)24(27(31)33-2)22-15-9-10-17-29(22)26/h4-18,25H,3H2,1-2H3/t25-/m1/s1. The number of aromatic nitrogens is 1. The lowest BCUT2D eigenvalue weighted by Gasteiger charge is -2.33. The van der Waals surface area contributed by atoms with Crippen molar-refractivity contribution in [2.24, 2.45) is 0 Å². The topological polar surface area (TPSA) is 60.2 Å². The van der Waals surface area contributed by atoms with E-state index in [0.29, 0.717) is 11.1 Å². The number of amides is 1. The Kier molecular flexibility index (Phi) is 5.64. The number of rotatable bonds is 4. The molecule has 0 saturated heterocycles. The Morgan fingerprint density at radius 1 is 0.941 bits per heavy atom. The van der Waals surface area contributed by atoms with Gasteiger partial charge in [-0.2, -0.15) is 0 Å². The first-order valence-electron chi connectivity index (χ1n) is 11.1. The van der Waals surface area contributed by atoms with Crippen molar-refractivity contribution >= 4 is 23.7 Å². The van der Waals surface area contributed by atoms with E-state index in [1.807, 2.05) is 89.5 Å². The molecule has 6 heteroatoms. The van der Waals surface area contributed by atoms with Crippen LogP contribution in [0.4, 0.5) is 4.79 Å². The van der Waals surface area contributed by atoms with Gasteiger partial charge in [0.2, 0.25) is 0 Å². The predicted molar refractivity (Wildman–Crippen MR) is 130 cm³/mol. The fourth-order valence-corrected chi connectivity index (χ4v) is 4.66. The smallest absolute Gasteiger partial charge is 0.414 e. The van der Waals surface area contributed by atoms with Crippen molar-refractivity contribution in [2.45, 2.75) is 13.0 Å². The number of hydrogen-bond donors (Lipinski definition) is 0. The molecule has 1 atom stereocenters. The Bertz CT molecular complexity index is 1400. The van der Waals surface area contributed by atoms with Crippen molar-refractivity contribution in [3.05, 3.63) is 108 Å². The second kappa shape index (κ2) is 8.90. The summed E-state index contributed by atoms with van der Waals surface area (Å²) in [6.07, 6.45) is 5.11. The number of ether oxygens (including phenoxy) is 2. The minimum absolute atomic E-state index is 0.255. The maximum absolute atomic E-state index is 13.1. The summed E-state index contributed by atoms with van der Waals surface area (Å²) in [7, 11) is 1.38. The molecule has 0 bridgehead atoms. The average molecular weight is 453 g/mol. The van der Waals surface area contributed by atoms with Crippen molar-refractivity contribution < 1.29 is 19.1 Å². The Labute approximate surface area is 197 Å². The third kappa shape index (κ3) is 3.44. The molecule has 0 aliphatic carbocycles. The molecule has 1 aliphatic rings. The quantitative estimate of drug-likeness (QED) is 0.360. The molecule has 0 saturated carbocycles. The van der Waals surface area contributed by atoms with Gasteiger partial charge in [0.25, 0.3) is 0 Å². The lowest BCUT2D eigenvalue weighted by Crippen LogP contribution is -2.34. The third-order valence-corrected chi connectivity index (χ3v) is 6.05. The predicted octanol–water partition coefficient (Wildman–Crippen LogP) is 5.93. The van der Waals surface area contributed by atoms with Gasteiger partial charge in [-0.3, -0.25) is 4.90 Å². The van der Waals surface area contributed by atoms with Crippen LogP contribution in [-0.4, -0.2) is 35.1 Å². The third-order valence-electron chi connectivity index (χ3n) is 6.05. The summed E-state index contributed by atoms with van der Waals surface area (Å²) in [5.41, 5.74) is 5.47. The number of esters is 1. The van der Waals surface area contributed by atoms with Crippen molar-refractivity contribution in [3.63, 3.8) is 0 Å².